The van der Waals surface area contributed by atoms with Crippen molar-refractivity contribution in [2.45, 2.75) is 52.4 Å². The van der Waals surface area contributed by atoms with Gasteiger partial charge in [-0.15, -0.1) is 0 Å². The molecule has 0 spiro atoms. The predicted molar refractivity (Wildman–Crippen MR) is 83.5 cm³/mol. The summed E-state index contributed by atoms with van der Waals surface area (Å²) in [7, 11) is 1.52. The number of hydrogen-bond acceptors (Lipinski definition) is 3. The molecule has 1 amide bonds. The van der Waals surface area contributed by atoms with Gasteiger partial charge < -0.3 is 14.7 Å². The summed E-state index contributed by atoms with van der Waals surface area (Å²) < 4.78 is 5.13. The first-order chi connectivity index (χ1) is 10.3. The van der Waals surface area contributed by atoms with Crippen LogP contribution in [-0.4, -0.2) is 48.7 Å². The number of likely N-dealkylation sites (tertiary alicyclic amines) is 1. The molecule has 22 heavy (non-hydrogen) atoms. The van der Waals surface area contributed by atoms with E-state index in [4.69, 9.17) is 4.74 Å². The summed E-state index contributed by atoms with van der Waals surface area (Å²) in [5.74, 6) is -0.652. The van der Waals surface area contributed by atoms with Crippen LogP contribution in [0.1, 0.15) is 52.4 Å². The minimum absolute atomic E-state index is 0.0517. The van der Waals surface area contributed by atoms with E-state index in [0.717, 1.165) is 25.7 Å². The lowest BCUT2D eigenvalue weighted by Crippen LogP contribution is -2.53. The zero-order valence-corrected chi connectivity index (χ0v) is 14.1. The van der Waals surface area contributed by atoms with Crippen molar-refractivity contribution in [3.05, 3.63) is 0 Å². The van der Waals surface area contributed by atoms with Crippen molar-refractivity contribution < 1.29 is 19.4 Å². The normalized spacial score (nSPS) is 31.8. The van der Waals surface area contributed by atoms with E-state index in [9.17, 15) is 14.7 Å². The molecule has 126 valence electrons. The second kappa shape index (κ2) is 6.57. The molecule has 1 aliphatic carbocycles. The van der Waals surface area contributed by atoms with Crippen molar-refractivity contribution in [3.8, 4) is 0 Å². The third kappa shape index (κ3) is 3.62. The number of rotatable bonds is 4. The molecule has 5 nitrogen and oxygen atoms in total. The van der Waals surface area contributed by atoms with Gasteiger partial charge in [0.15, 0.2) is 0 Å². The highest BCUT2D eigenvalue weighted by Crippen LogP contribution is 2.40. The molecule has 0 aromatic rings. The Bertz CT molecular complexity index is 430. The smallest absolute Gasteiger partial charge is 0.313 e. The van der Waals surface area contributed by atoms with Crippen LogP contribution in [0.25, 0.3) is 0 Å². The summed E-state index contributed by atoms with van der Waals surface area (Å²) in [6, 6.07) is 0. The second-order valence-corrected chi connectivity index (χ2v) is 7.84. The van der Waals surface area contributed by atoms with Crippen LogP contribution in [0, 0.1) is 16.7 Å². The van der Waals surface area contributed by atoms with E-state index >= 15 is 0 Å². The third-order valence-corrected chi connectivity index (χ3v) is 5.32. The van der Waals surface area contributed by atoms with Crippen LogP contribution in [0.5, 0.6) is 0 Å². The maximum Gasteiger partial charge on any atom is 0.313 e. The summed E-state index contributed by atoms with van der Waals surface area (Å²) in [6.45, 7) is 5.56. The minimum Gasteiger partial charge on any atom is -0.481 e. The number of hydrogen-bond donors (Lipinski definition) is 1. The van der Waals surface area contributed by atoms with Crippen molar-refractivity contribution in [2.75, 3.05) is 26.8 Å². The van der Waals surface area contributed by atoms with E-state index < -0.39 is 11.4 Å². The lowest BCUT2D eigenvalue weighted by atomic mass is 9.71. The first-order valence-electron chi connectivity index (χ1n) is 8.31. The van der Waals surface area contributed by atoms with Crippen LogP contribution < -0.4 is 0 Å². The zero-order chi connectivity index (χ0) is 16.4. The zero-order valence-electron chi connectivity index (χ0n) is 14.1. The van der Waals surface area contributed by atoms with Gasteiger partial charge in [-0.25, -0.2) is 0 Å². The van der Waals surface area contributed by atoms with Gasteiger partial charge in [0.25, 0.3) is 0 Å². The molecule has 2 unspecified atom stereocenters. The largest absolute Gasteiger partial charge is 0.481 e. The number of carbonyl (C=O) groups is 2. The molecule has 0 aromatic heterocycles. The van der Waals surface area contributed by atoms with E-state index in [2.05, 4.69) is 13.8 Å². The Morgan fingerprint density at radius 2 is 2.00 bits per heavy atom. The van der Waals surface area contributed by atoms with Gasteiger partial charge >= 0.3 is 5.97 Å². The topological polar surface area (TPSA) is 66.8 Å². The van der Waals surface area contributed by atoms with Gasteiger partial charge in [0, 0.05) is 26.1 Å². The molecule has 1 aliphatic heterocycles. The predicted octanol–water partition coefficient (Wildman–Crippen LogP) is 2.54. The third-order valence-electron chi connectivity index (χ3n) is 5.32. The number of carboxylic acids is 1. The number of amides is 1. The molecular weight excluding hydrogens is 282 g/mol. The summed E-state index contributed by atoms with van der Waals surface area (Å²) in [6.07, 6.45) is 5.41. The van der Waals surface area contributed by atoms with Crippen LogP contribution in [0.15, 0.2) is 0 Å². The average Bonchev–Trinajstić information content (AvgIpc) is 2.46. The number of ether oxygens (including phenoxy) is 1. The maximum atomic E-state index is 12.8. The molecule has 0 radical (unpaired) electrons. The summed E-state index contributed by atoms with van der Waals surface area (Å²) in [5, 5.41) is 9.59. The van der Waals surface area contributed by atoms with Crippen molar-refractivity contribution in [3.63, 3.8) is 0 Å². The minimum atomic E-state index is -0.938. The SMILES string of the molecule is COCC1(C(=O)O)CCCN(C(=O)C2CCCC(C)(C)C2)C1. The summed E-state index contributed by atoms with van der Waals surface area (Å²) >= 11 is 0. The first-order valence-corrected chi connectivity index (χ1v) is 8.31. The molecule has 2 fully saturated rings. The monoisotopic (exact) mass is 311 g/mol. The molecule has 1 saturated heterocycles. The van der Waals surface area contributed by atoms with Gasteiger partial charge in [-0.05, 0) is 37.5 Å². The molecule has 2 rings (SSSR count). The number of methoxy groups -OCH3 is 1. The number of carboxylic acid groups (broad SMARTS) is 1. The first kappa shape index (κ1) is 17.3. The van der Waals surface area contributed by atoms with Crippen molar-refractivity contribution >= 4 is 11.9 Å². The van der Waals surface area contributed by atoms with Crippen LogP contribution in [0.2, 0.25) is 0 Å². The highest BCUT2D eigenvalue weighted by Gasteiger charge is 2.45. The maximum absolute atomic E-state index is 12.8. The quantitative estimate of drug-likeness (QED) is 0.866. The number of carbonyl (C=O) groups excluding carboxylic acids is 1. The van der Waals surface area contributed by atoms with E-state index in [1.807, 2.05) is 0 Å². The fourth-order valence-corrected chi connectivity index (χ4v) is 4.12. The van der Waals surface area contributed by atoms with Crippen molar-refractivity contribution in [1.82, 2.24) is 4.90 Å². The number of aliphatic carboxylic acids is 1. The van der Waals surface area contributed by atoms with Crippen molar-refractivity contribution in [1.29, 1.82) is 0 Å². The van der Waals surface area contributed by atoms with E-state index in [1.54, 1.807) is 4.90 Å². The molecule has 5 heteroatoms. The van der Waals surface area contributed by atoms with Gasteiger partial charge in [-0.3, -0.25) is 9.59 Å². The standard InChI is InChI=1S/C17H29NO4/c1-16(2)7-4-6-13(10-16)14(19)18-9-5-8-17(11-18,12-22-3)15(20)21/h13H,4-12H2,1-3H3,(H,20,21). The van der Waals surface area contributed by atoms with Crippen LogP contribution >= 0.6 is 0 Å². The van der Waals surface area contributed by atoms with Crippen LogP contribution in [0.4, 0.5) is 0 Å². The number of piperidine rings is 1. The fraction of sp³-hybridized carbons (Fsp3) is 0.882. The molecule has 2 aliphatic rings. The van der Waals surface area contributed by atoms with Crippen molar-refractivity contribution in [2.24, 2.45) is 16.7 Å². The summed E-state index contributed by atoms with van der Waals surface area (Å²) in [4.78, 5) is 26.3. The lowest BCUT2D eigenvalue weighted by molar-refractivity contribution is -0.160. The Labute approximate surface area is 133 Å². The number of nitrogens with zero attached hydrogens (tertiary/aromatic N) is 1. The van der Waals surface area contributed by atoms with E-state index in [1.165, 1.54) is 13.5 Å². The second-order valence-electron chi connectivity index (χ2n) is 7.84. The van der Waals surface area contributed by atoms with Gasteiger partial charge in [0.05, 0.1) is 6.61 Å². The lowest BCUT2D eigenvalue weighted by Gasteiger charge is -2.42. The average molecular weight is 311 g/mol. The Kier molecular flexibility index (Phi) is 5.15. The molecule has 0 aromatic carbocycles. The Morgan fingerprint density at radius 3 is 2.59 bits per heavy atom. The fourth-order valence-electron chi connectivity index (χ4n) is 4.12. The van der Waals surface area contributed by atoms with E-state index in [-0.39, 0.29) is 30.4 Å². The Hall–Kier alpha value is -1.10. The molecular formula is C17H29NO4. The van der Waals surface area contributed by atoms with Gasteiger partial charge in [0.1, 0.15) is 5.41 Å². The van der Waals surface area contributed by atoms with Crippen LogP contribution in [0.3, 0.4) is 0 Å². The summed E-state index contributed by atoms with van der Waals surface area (Å²) in [5.41, 5.74) is -0.725. The highest BCUT2D eigenvalue weighted by molar-refractivity contribution is 5.81. The van der Waals surface area contributed by atoms with Gasteiger partial charge in [0.2, 0.25) is 5.91 Å². The van der Waals surface area contributed by atoms with Gasteiger partial charge in [-0.1, -0.05) is 20.3 Å². The van der Waals surface area contributed by atoms with Crippen LogP contribution in [-0.2, 0) is 14.3 Å². The molecule has 1 N–H and O–H groups in total. The van der Waals surface area contributed by atoms with Gasteiger partial charge in [-0.2, -0.15) is 0 Å². The molecule has 1 saturated carbocycles. The molecule has 0 bridgehead atoms. The highest BCUT2D eigenvalue weighted by atomic mass is 16.5. The van der Waals surface area contributed by atoms with E-state index in [0.29, 0.717) is 13.0 Å². The molecule has 2 atom stereocenters. The Balaban J connectivity index is 2.08. The molecule has 1 heterocycles. The Morgan fingerprint density at radius 1 is 1.27 bits per heavy atom.